The molecule has 0 atom stereocenters. The Hall–Kier alpha value is -2.86. The highest BCUT2D eigenvalue weighted by atomic mass is 16.2. The Morgan fingerprint density at radius 1 is 0.939 bits per heavy atom. The van der Waals surface area contributed by atoms with Gasteiger partial charge in [0.2, 0.25) is 5.91 Å². The van der Waals surface area contributed by atoms with Crippen LogP contribution in [0.1, 0.15) is 35.4 Å². The molecule has 3 heterocycles. The number of likely N-dealkylation sites (tertiary alicyclic amines) is 1. The number of anilines is 1. The Labute approximate surface area is 196 Å². The number of hydrogen-bond acceptors (Lipinski definition) is 4. The minimum Gasteiger partial charge on any atom is -0.368 e. The van der Waals surface area contributed by atoms with Crippen molar-refractivity contribution in [1.29, 1.82) is 0 Å². The number of H-pyrrole nitrogens is 1. The molecule has 2 saturated heterocycles. The summed E-state index contributed by atoms with van der Waals surface area (Å²) in [6.07, 6.45) is 1.88. The monoisotopic (exact) mass is 445 g/mol. The number of imidazole rings is 1. The highest BCUT2D eigenvalue weighted by Crippen LogP contribution is 2.25. The highest BCUT2D eigenvalue weighted by Gasteiger charge is 2.31. The zero-order valence-corrected chi connectivity index (χ0v) is 20.1. The minimum atomic E-state index is 0.159. The van der Waals surface area contributed by atoms with Crippen molar-refractivity contribution in [2.24, 2.45) is 5.92 Å². The zero-order valence-electron chi connectivity index (χ0n) is 20.1. The highest BCUT2D eigenvalue weighted by molar-refractivity contribution is 5.79. The lowest BCUT2D eigenvalue weighted by Crippen LogP contribution is -2.51. The molecule has 1 N–H and O–H groups in total. The van der Waals surface area contributed by atoms with Gasteiger partial charge in [-0.3, -0.25) is 9.69 Å². The number of piperidine rings is 1. The van der Waals surface area contributed by atoms with Crippen molar-refractivity contribution in [3.63, 3.8) is 0 Å². The normalized spacial score (nSPS) is 18.3. The summed E-state index contributed by atoms with van der Waals surface area (Å²) in [5.74, 6) is 1.53. The van der Waals surface area contributed by atoms with Crippen molar-refractivity contribution in [2.45, 2.75) is 40.2 Å². The number of fused-ring (bicyclic) bond motifs is 1. The maximum atomic E-state index is 13.2. The average Bonchev–Trinajstić information content (AvgIpc) is 3.22. The van der Waals surface area contributed by atoms with E-state index in [1.807, 2.05) is 0 Å². The Morgan fingerprint density at radius 3 is 2.39 bits per heavy atom. The quantitative estimate of drug-likeness (QED) is 0.658. The third-order valence-corrected chi connectivity index (χ3v) is 7.29. The average molecular weight is 446 g/mol. The molecule has 0 aliphatic carbocycles. The molecular formula is C27H35N5O. The van der Waals surface area contributed by atoms with Crippen LogP contribution in [0.15, 0.2) is 36.4 Å². The lowest BCUT2D eigenvalue weighted by Gasteiger charge is -2.39. The third-order valence-electron chi connectivity index (χ3n) is 7.29. The van der Waals surface area contributed by atoms with E-state index in [9.17, 15) is 4.79 Å². The van der Waals surface area contributed by atoms with Crippen molar-refractivity contribution in [2.75, 3.05) is 44.2 Å². The summed E-state index contributed by atoms with van der Waals surface area (Å²) in [5, 5.41) is 0. The molecule has 2 aliphatic rings. The van der Waals surface area contributed by atoms with Crippen LogP contribution in [0.4, 0.5) is 5.69 Å². The van der Waals surface area contributed by atoms with Gasteiger partial charge in [0.15, 0.2) is 0 Å². The number of aromatic amines is 1. The lowest BCUT2D eigenvalue weighted by molar-refractivity contribution is -0.137. The van der Waals surface area contributed by atoms with E-state index in [1.165, 1.54) is 22.4 Å². The van der Waals surface area contributed by atoms with Crippen LogP contribution >= 0.6 is 0 Å². The van der Waals surface area contributed by atoms with Crippen molar-refractivity contribution in [1.82, 2.24) is 19.8 Å². The van der Waals surface area contributed by atoms with E-state index < -0.39 is 0 Å². The molecule has 2 aromatic carbocycles. The number of amides is 1. The van der Waals surface area contributed by atoms with Crippen molar-refractivity contribution in [3.05, 3.63) is 58.9 Å². The summed E-state index contributed by atoms with van der Waals surface area (Å²) >= 11 is 0. The number of carbonyl (C=O) groups is 1. The molecule has 5 rings (SSSR count). The fourth-order valence-corrected chi connectivity index (χ4v) is 5.29. The van der Waals surface area contributed by atoms with Gasteiger partial charge in [-0.25, -0.2) is 4.98 Å². The molecule has 0 bridgehead atoms. The first-order valence-corrected chi connectivity index (χ1v) is 12.2. The van der Waals surface area contributed by atoms with E-state index in [4.69, 9.17) is 4.98 Å². The van der Waals surface area contributed by atoms with Crippen molar-refractivity contribution < 1.29 is 4.79 Å². The number of nitrogens with one attached hydrogen (secondary N) is 1. The van der Waals surface area contributed by atoms with Crippen molar-refractivity contribution in [3.8, 4) is 0 Å². The Bertz CT molecular complexity index is 1140. The van der Waals surface area contributed by atoms with Gasteiger partial charge in [-0.15, -0.1) is 0 Å². The number of piperazine rings is 1. The van der Waals surface area contributed by atoms with Crippen LogP contribution in [0, 0.1) is 26.7 Å². The standard InChI is InChI=1S/C27H35N5O/c1-19-5-7-23-24(16-19)29-26(28-23)18-30-10-8-22(9-11-30)27(33)32-14-12-31(13-15-32)25-17-20(2)4-6-21(25)3/h4-7,16-17,22H,8-15,18H2,1-3H3,(H,28,29). The Balaban J connectivity index is 1.12. The summed E-state index contributed by atoms with van der Waals surface area (Å²) in [6, 6.07) is 13.0. The molecule has 2 aliphatic heterocycles. The minimum absolute atomic E-state index is 0.159. The number of benzene rings is 2. The first kappa shape index (κ1) is 22.0. The van der Waals surface area contributed by atoms with Gasteiger partial charge in [0, 0.05) is 37.8 Å². The predicted molar refractivity (Wildman–Crippen MR) is 134 cm³/mol. The van der Waals surface area contributed by atoms with Gasteiger partial charge in [-0.05, 0) is 81.6 Å². The SMILES string of the molecule is Cc1ccc(C)c(N2CCN(C(=O)C3CCN(Cc4nc5ccc(C)cc5[nH]4)CC3)CC2)c1. The van der Waals surface area contributed by atoms with E-state index in [0.29, 0.717) is 5.91 Å². The van der Waals surface area contributed by atoms with Crippen LogP contribution in [0.25, 0.3) is 11.0 Å². The van der Waals surface area contributed by atoms with Gasteiger partial charge in [-0.2, -0.15) is 0 Å². The smallest absolute Gasteiger partial charge is 0.225 e. The molecule has 2 fully saturated rings. The molecule has 0 saturated carbocycles. The van der Waals surface area contributed by atoms with E-state index in [1.54, 1.807) is 0 Å². The Kier molecular flexibility index (Phi) is 6.11. The van der Waals surface area contributed by atoms with Gasteiger partial charge in [-0.1, -0.05) is 18.2 Å². The molecular weight excluding hydrogens is 410 g/mol. The number of aromatic nitrogens is 2. The van der Waals surface area contributed by atoms with Crippen LogP contribution in [0.2, 0.25) is 0 Å². The Morgan fingerprint density at radius 2 is 1.64 bits per heavy atom. The summed E-state index contributed by atoms with van der Waals surface area (Å²) < 4.78 is 0. The first-order valence-electron chi connectivity index (χ1n) is 12.2. The fourth-order valence-electron chi connectivity index (χ4n) is 5.29. The number of rotatable bonds is 4. The van der Waals surface area contributed by atoms with Gasteiger partial charge in [0.25, 0.3) is 0 Å². The molecule has 6 nitrogen and oxygen atoms in total. The molecule has 1 amide bonds. The van der Waals surface area contributed by atoms with E-state index in [2.05, 4.69) is 76.9 Å². The molecule has 33 heavy (non-hydrogen) atoms. The lowest BCUT2D eigenvalue weighted by atomic mass is 9.95. The molecule has 3 aromatic rings. The molecule has 6 heteroatoms. The number of aryl methyl sites for hydroxylation is 3. The maximum Gasteiger partial charge on any atom is 0.225 e. The molecule has 0 spiro atoms. The van der Waals surface area contributed by atoms with E-state index in [-0.39, 0.29) is 5.92 Å². The van der Waals surface area contributed by atoms with Gasteiger partial charge in [0.05, 0.1) is 17.6 Å². The second-order valence-corrected chi connectivity index (χ2v) is 9.86. The molecule has 174 valence electrons. The molecule has 0 radical (unpaired) electrons. The molecule has 1 aromatic heterocycles. The van der Waals surface area contributed by atoms with Crippen LogP contribution in [-0.2, 0) is 11.3 Å². The number of carbonyl (C=O) groups excluding carboxylic acids is 1. The number of hydrogen-bond donors (Lipinski definition) is 1. The summed E-state index contributed by atoms with van der Waals surface area (Å²) in [7, 11) is 0. The van der Waals surface area contributed by atoms with E-state index in [0.717, 1.165) is 75.5 Å². The van der Waals surface area contributed by atoms with Crippen LogP contribution in [-0.4, -0.2) is 64.9 Å². The second-order valence-electron chi connectivity index (χ2n) is 9.86. The maximum absolute atomic E-state index is 13.2. The summed E-state index contributed by atoms with van der Waals surface area (Å²) in [5.41, 5.74) is 7.30. The number of nitrogens with zero attached hydrogens (tertiary/aromatic N) is 4. The summed E-state index contributed by atoms with van der Waals surface area (Å²) in [4.78, 5) is 28.4. The van der Waals surface area contributed by atoms with Crippen LogP contribution in [0.3, 0.4) is 0 Å². The van der Waals surface area contributed by atoms with Crippen LogP contribution in [0.5, 0.6) is 0 Å². The van der Waals surface area contributed by atoms with Gasteiger partial charge in [0.1, 0.15) is 5.82 Å². The first-order chi connectivity index (χ1) is 16.0. The molecule has 0 unspecified atom stereocenters. The zero-order chi connectivity index (χ0) is 22.9. The largest absolute Gasteiger partial charge is 0.368 e. The third kappa shape index (κ3) is 4.76. The predicted octanol–water partition coefficient (Wildman–Crippen LogP) is 4.05. The topological polar surface area (TPSA) is 55.5 Å². The van der Waals surface area contributed by atoms with Gasteiger partial charge >= 0.3 is 0 Å². The fraction of sp³-hybridized carbons (Fsp3) is 0.481. The second kappa shape index (κ2) is 9.18. The summed E-state index contributed by atoms with van der Waals surface area (Å²) in [6.45, 7) is 12.6. The van der Waals surface area contributed by atoms with Gasteiger partial charge < -0.3 is 14.8 Å². The van der Waals surface area contributed by atoms with E-state index >= 15 is 0 Å². The van der Waals surface area contributed by atoms with Crippen molar-refractivity contribution >= 4 is 22.6 Å². The van der Waals surface area contributed by atoms with Crippen LogP contribution < -0.4 is 4.90 Å².